The lowest BCUT2D eigenvalue weighted by Gasteiger charge is -2.26. The lowest BCUT2D eigenvalue weighted by Crippen LogP contribution is -2.36. The topological polar surface area (TPSA) is 72.2 Å². The van der Waals surface area contributed by atoms with Crippen LogP contribution in [0.15, 0.2) is 103 Å². The third kappa shape index (κ3) is 4.60. The van der Waals surface area contributed by atoms with E-state index < -0.39 is 22.1 Å². The second-order valence-electron chi connectivity index (χ2n) is 7.34. The van der Waals surface area contributed by atoms with Crippen molar-refractivity contribution >= 4 is 20.8 Å². The van der Waals surface area contributed by atoms with Crippen LogP contribution in [0.3, 0.4) is 0 Å². The van der Waals surface area contributed by atoms with Crippen LogP contribution in [-0.4, -0.2) is 8.42 Å². The highest BCUT2D eigenvalue weighted by atomic mass is 32.2. The van der Waals surface area contributed by atoms with Gasteiger partial charge in [0.05, 0.1) is 17.8 Å². The second-order valence-corrected chi connectivity index (χ2v) is 9.09. The standard InChI is InChI=1S/C25H24N2O2S/c26-24(20-11-3-1-4-12-20)25(21-13-5-2-6-14-21)27-30(28,29)18-22-16-9-15-19-10-7-8-17-23(19)22/h1-17,24-25,27H,18,26H2. The van der Waals surface area contributed by atoms with E-state index in [0.29, 0.717) is 0 Å². The molecular weight excluding hydrogens is 392 g/mol. The van der Waals surface area contributed by atoms with Gasteiger partial charge in [-0.15, -0.1) is 0 Å². The summed E-state index contributed by atoms with van der Waals surface area (Å²) in [5.41, 5.74) is 9.00. The number of hydrogen-bond acceptors (Lipinski definition) is 3. The second kappa shape index (κ2) is 8.79. The van der Waals surface area contributed by atoms with Gasteiger partial charge < -0.3 is 5.73 Å². The first-order chi connectivity index (χ1) is 14.5. The van der Waals surface area contributed by atoms with Crippen LogP contribution in [0.4, 0.5) is 0 Å². The van der Waals surface area contributed by atoms with Crippen molar-refractivity contribution in [3.8, 4) is 0 Å². The first kappa shape index (κ1) is 20.3. The van der Waals surface area contributed by atoms with E-state index in [9.17, 15) is 8.42 Å². The molecule has 0 radical (unpaired) electrons. The van der Waals surface area contributed by atoms with E-state index in [1.165, 1.54) is 0 Å². The molecule has 4 nitrogen and oxygen atoms in total. The molecule has 0 aromatic heterocycles. The van der Waals surface area contributed by atoms with Gasteiger partial charge in [0.25, 0.3) is 0 Å². The summed E-state index contributed by atoms with van der Waals surface area (Å²) in [5, 5.41) is 1.96. The van der Waals surface area contributed by atoms with Crippen molar-refractivity contribution < 1.29 is 8.42 Å². The van der Waals surface area contributed by atoms with E-state index in [2.05, 4.69) is 4.72 Å². The average molecular weight is 417 g/mol. The Hall–Kier alpha value is -2.99. The number of nitrogens with two attached hydrogens (primary N) is 1. The van der Waals surface area contributed by atoms with E-state index in [1.54, 1.807) is 0 Å². The molecule has 3 N–H and O–H groups in total. The Balaban J connectivity index is 1.66. The van der Waals surface area contributed by atoms with Crippen LogP contribution >= 0.6 is 0 Å². The highest BCUT2D eigenvalue weighted by Crippen LogP contribution is 2.28. The Morgan fingerprint density at radius 3 is 1.97 bits per heavy atom. The van der Waals surface area contributed by atoms with Crippen LogP contribution in [-0.2, 0) is 15.8 Å². The number of nitrogens with one attached hydrogen (secondary N) is 1. The van der Waals surface area contributed by atoms with Crippen molar-refractivity contribution in [2.75, 3.05) is 0 Å². The number of benzene rings is 4. The molecule has 2 atom stereocenters. The molecule has 0 saturated heterocycles. The Kier molecular flexibility index (Phi) is 5.95. The normalized spacial score (nSPS) is 13.8. The Labute approximate surface area is 177 Å². The number of rotatable bonds is 7. The van der Waals surface area contributed by atoms with Crippen LogP contribution < -0.4 is 10.5 Å². The average Bonchev–Trinajstić information content (AvgIpc) is 2.78. The van der Waals surface area contributed by atoms with Gasteiger partial charge in [-0.2, -0.15) is 0 Å². The summed E-state index contributed by atoms with van der Waals surface area (Å²) < 4.78 is 29.3. The first-order valence-electron chi connectivity index (χ1n) is 9.86. The molecular formula is C25H24N2O2S. The van der Waals surface area contributed by atoms with Gasteiger partial charge in [0.15, 0.2) is 0 Å². The fourth-order valence-electron chi connectivity index (χ4n) is 3.73. The Morgan fingerprint density at radius 2 is 1.27 bits per heavy atom. The van der Waals surface area contributed by atoms with Gasteiger partial charge in [0.2, 0.25) is 10.0 Å². The summed E-state index contributed by atoms with van der Waals surface area (Å²) in [6.45, 7) is 0. The molecule has 0 fully saturated rings. The van der Waals surface area contributed by atoms with Crippen LogP contribution in [0.1, 0.15) is 28.8 Å². The highest BCUT2D eigenvalue weighted by molar-refractivity contribution is 7.88. The zero-order valence-electron chi connectivity index (χ0n) is 16.5. The lowest BCUT2D eigenvalue weighted by molar-refractivity contribution is 0.503. The van der Waals surface area contributed by atoms with E-state index in [1.807, 2.05) is 103 Å². The summed E-state index contributed by atoms with van der Waals surface area (Å²) in [7, 11) is -3.66. The van der Waals surface area contributed by atoms with E-state index in [4.69, 9.17) is 5.73 Å². The van der Waals surface area contributed by atoms with E-state index >= 15 is 0 Å². The van der Waals surface area contributed by atoms with E-state index in [-0.39, 0.29) is 5.75 Å². The van der Waals surface area contributed by atoms with Crippen molar-refractivity contribution in [2.24, 2.45) is 5.73 Å². The summed E-state index contributed by atoms with van der Waals surface area (Å²) in [6.07, 6.45) is 0. The molecule has 4 aromatic rings. The van der Waals surface area contributed by atoms with Gasteiger partial charge in [-0.05, 0) is 27.5 Å². The molecule has 0 saturated carbocycles. The minimum atomic E-state index is -3.66. The Morgan fingerprint density at radius 1 is 0.700 bits per heavy atom. The van der Waals surface area contributed by atoms with Gasteiger partial charge in [-0.25, -0.2) is 13.1 Å². The summed E-state index contributed by atoms with van der Waals surface area (Å²) in [6, 6.07) is 31.5. The maximum absolute atomic E-state index is 13.2. The monoisotopic (exact) mass is 416 g/mol. The summed E-state index contributed by atoms with van der Waals surface area (Å²) in [4.78, 5) is 0. The van der Waals surface area contributed by atoms with Crippen LogP contribution in [0.25, 0.3) is 10.8 Å². The van der Waals surface area contributed by atoms with Crippen LogP contribution in [0, 0.1) is 0 Å². The summed E-state index contributed by atoms with van der Waals surface area (Å²) >= 11 is 0. The van der Waals surface area contributed by atoms with E-state index in [0.717, 1.165) is 27.5 Å². The first-order valence-corrected chi connectivity index (χ1v) is 11.5. The zero-order valence-corrected chi connectivity index (χ0v) is 17.3. The Bertz CT molecular complexity index is 1220. The summed E-state index contributed by atoms with van der Waals surface area (Å²) in [5.74, 6) is -0.112. The molecule has 152 valence electrons. The highest BCUT2D eigenvalue weighted by Gasteiger charge is 2.26. The molecule has 0 heterocycles. The molecule has 0 bridgehead atoms. The predicted octanol–water partition coefficient (Wildman–Crippen LogP) is 4.70. The largest absolute Gasteiger partial charge is 0.322 e. The molecule has 4 aromatic carbocycles. The van der Waals surface area contributed by atoms with Gasteiger partial charge in [0.1, 0.15) is 0 Å². The van der Waals surface area contributed by atoms with Crippen LogP contribution in [0.2, 0.25) is 0 Å². The maximum Gasteiger partial charge on any atom is 0.216 e. The number of fused-ring (bicyclic) bond motifs is 1. The smallest absolute Gasteiger partial charge is 0.216 e. The van der Waals surface area contributed by atoms with Crippen molar-refractivity contribution in [3.05, 3.63) is 120 Å². The van der Waals surface area contributed by atoms with Crippen molar-refractivity contribution in [1.29, 1.82) is 0 Å². The molecule has 5 heteroatoms. The van der Waals surface area contributed by atoms with Crippen molar-refractivity contribution in [3.63, 3.8) is 0 Å². The molecule has 30 heavy (non-hydrogen) atoms. The van der Waals surface area contributed by atoms with Crippen LogP contribution in [0.5, 0.6) is 0 Å². The third-order valence-electron chi connectivity index (χ3n) is 5.23. The molecule has 4 rings (SSSR count). The minimum absolute atomic E-state index is 0.112. The van der Waals surface area contributed by atoms with Gasteiger partial charge in [-0.1, -0.05) is 103 Å². The van der Waals surface area contributed by atoms with Gasteiger partial charge >= 0.3 is 0 Å². The quantitative estimate of drug-likeness (QED) is 0.459. The molecule has 2 unspecified atom stereocenters. The number of hydrogen-bond donors (Lipinski definition) is 2. The predicted molar refractivity (Wildman–Crippen MR) is 122 cm³/mol. The molecule has 0 aliphatic heterocycles. The molecule has 0 amide bonds. The molecule has 0 aliphatic rings. The van der Waals surface area contributed by atoms with Gasteiger partial charge in [-0.3, -0.25) is 0 Å². The lowest BCUT2D eigenvalue weighted by atomic mass is 9.95. The minimum Gasteiger partial charge on any atom is -0.322 e. The van der Waals surface area contributed by atoms with Crippen molar-refractivity contribution in [1.82, 2.24) is 4.72 Å². The molecule has 0 spiro atoms. The fourth-order valence-corrected chi connectivity index (χ4v) is 5.15. The molecule has 0 aliphatic carbocycles. The van der Waals surface area contributed by atoms with Gasteiger partial charge in [0, 0.05) is 0 Å². The zero-order chi connectivity index (χ0) is 21.0. The van der Waals surface area contributed by atoms with Crippen molar-refractivity contribution in [2.45, 2.75) is 17.8 Å². The fraction of sp³-hybridized carbons (Fsp3) is 0.120. The number of sulfonamides is 1. The SMILES string of the molecule is NC(c1ccccc1)C(NS(=O)(=O)Cc1cccc2ccccc12)c1ccccc1. The third-order valence-corrected chi connectivity index (χ3v) is 6.54. The maximum atomic E-state index is 13.2.